The number of aryl methyl sites for hydroxylation is 1. The summed E-state index contributed by atoms with van der Waals surface area (Å²) in [5, 5.41) is 9.10. The number of ether oxygens (including phenoxy) is 1. The lowest BCUT2D eigenvalue weighted by atomic mass is 9.93. The van der Waals surface area contributed by atoms with E-state index in [0.29, 0.717) is 12.5 Å². The third-order valence-electron chi connectivity index (χ3n) is 4.73. The highest BCUT2D eigenvalue weighted by Gasteiger charge is 2.33. The van der Waals surface area contributed by atoms with Crippen molar-refractivity contribution in [3.63, 3.8) is 0 Å². The first-order valence-corrected chi connectivity index (χ1v) is 8.31. The Hall–Kier alpha value is -1.24. The molecule has 1 aromatic heterocycles. The number of aromatic nitrogens is 2. The number of rotatable bonds is 4. The van der Waals surface area contributed by atoms with Crippen LogP contribution in [0.25, 0.3) is 0 Å². The van der Waals surface area contributed by atoms with E-state index in [2.05, 4.69) is 26.7 Å². The van der Waals surface area contributed by atoms with Gasteiger partial charge in [-0.05, 0) is 24.9 Å². The predicted molar refractivity (Wildman–Crippen MR) is 85.0 cm³/mol. The maximum atomic E-state index is 9.10. The molecule has 6 heteroatoms. The van der Waals surface area contributed by atoms with E-state index >= 15 is 0 Å². The molecule has 2 atom stereocenters. The zero-order valence-corrected chi connectivity index (χ0v) is 13.3. The Kier molecular flexibility index (Phi) is 5.23. The standard InChI is InChI=1S/C16H26N4O2/c1-2-13-9-17-16(18-10-13)20-6-8-22-15-12-19(5-7-21)4-3-14(15)11-20/h9-10,14-15,21H,2-8,11-12H2,1H3/t14-,15-/m1/s1. The topological polar surface area (TPSA) is 61.7 Å². The first-order chi connectivity index (χ1) is 10.8. The van der Waals surface area contributed by atoms with E-state index in [1.807, 2.05) is 12.4 Å². The minimum atomic E-state index is 0.223. The van der Waals surface area contributed by atoms with Gasteiger partial charge in [0.05, 0.1) is 19.3 Å². The van der Waals surface area contributed by atoms with Crippen molar-refractivity contribution in [3.05, 3.63) is 18.0 Å². The number of β-amino-alcohol motifs (C(OH)–C–C–N with tert-alkyl or cyclic N) is 1. The largest absolute Gasteiger partial charge is 0.395 e. The SMILES string of the molecule is CCc1cnc(N2CCO[C@@H]3CN(CCO)CC[C@@H]3C2)nc1. The van der Waals surface area contributed by atoms with Gasteiger partial charge in [-0.2, -0.15) is 0 Å². The molecule has 0 aromatic carbocycles. The van der Waals surface area contributed by atoms with E-state index in [1.165, 1.54) is 5.56 Å². The summed E-state index contributed by atoms with van der Waals surface area (Å²) in [5.74, 6) is 1.34. The molecule has 3 rings (SSSR count). The van der Waals surface area contributed by atoms with Gasteiger partial charge in [0.2, 0.25) is 5.95 Å². The molecule has 1 N–H and O–H groups in total. The quantitative estimate of drug-likeness (QED) is 0.877. The second-order valence-corrected chi connectivity index (χ2v) is 6.17. The Morgan fingerprint density at radius 2 is 2.09 bits per heavy atom. The highest BCUT2D eigenvalue weighted by molar-refractivity contribution is 5.30. The summed E-state index contributed by atoms with van der Waals surface area (Å²) in [6, 6.07) is 0. The first-order valence-electron chi connectivity index (χ1n) is 8.31. The van der Waals surface area contributed by atoms with Gasteiger partial charge < -0.3 is 14.7 Å². The second kappa shape index (κ2) is 7.35. The maximum absolute atomic E-state index is 9.10. The number of hydrogen-bond acceptors (Lipinski definition) is 6. The fourth-order valence-electron chi connectivity index (χ4n) is 3.34. The predicted octanol–water partition coefficient (Wildman–Crippen LogP) is 0.558. The van der Waals surface area contributed by atoms with Crippen LogP contribution in [0, 0.1) is 5.92 Å². The van der Waals surface area contributed by atoms with Crippen LogP contribution in [-0.4, -0.2) is 72.0 Å². The molecule has 6 nitrogen and oxygen atoms in total. The number of nitrogens with zero attached hydrogens (tertiary/aromatic N) is 4. The molecule has 122 valence electrons. The van der Waals surface area contributed by atoms with E-state index in [1.54, 1.807) is 0 Å². The molecule has 0 unspecified atom stereocenters. The third-order valence-corrected chi connectivity index (χ3v) is 4.73. The van der Waals surface area contributed by atoms with Crippen molar-refractivity contribution in [1.82, 2.24) is 14.9 Å². The molecule has 0 amide bonds. The van der Waals surface area contributed by atoms with Crippen molar-refractivity contribution < 1.29 is 9.84 Å². The van der Waals surface area contributed by atoms with E-state index < -0.39 is 0 Å². The number of hydrogen-bond donors (Lipinski definition) is 1. The van der Waals surface area contributed by atoms with Crippen LogP contribution in [0.2, 0.25) is 0 Å². The van der Waals surface area contributed by atoms with Crippen LogP contribution in [0.4, 0.5) is 5.95 Å². The van der Waals surface area contributed by atoms with Gasteiger partial charge in [-0.3, -0.25) is 4.90 Å². The van der Waals surface area contributed by atoms with Crippen LogP contribution in [0.15, 0.2) is 12.4 Å². The van der Waals surface area contributed by atoms with Gasteiger partial charge in [0.25, 0.3) is 0 Å². The van der Waals surface area contributed by atoms with Gasteiger partial charge in [-0.1, -0.05) is 6.92 Å². The van der Waals surface area contributed by atoms with Crippen LogP contribution in [0.5, 0.6) is 0 Å². The van der Waals surface area contributed by atoms with Crippen molar-refractivity contribution in [2.75, 3.05) is 50.8 Å². The van der Waals surface area contributed by atoms with Gasteiger partial charge in [0.1, 0.15) is 0 Å². The molecular formula is C16H26N4O2. The Bertz CT molecular complexity index is 468. The number of anilines is 1. The molecule has 2 aliphatic heterocycles. The number of piperidine rings is 1. The molecular weight excluding hydrogens is 280 g/mol. The molecule has 0 spiro atoms. The average molecular weight is 306 g/mol. The molecule has 0 bridgehead atoms. The lowest BCUT2D eigenvalue weighted by Crippen LogP contribution is -2.47. The van der Waals surface area contributed by atoms with E-state index in [4.69, 9.17) is 9.84 Å². The van der Waals surface area contributed by atoms with Crippen molar-refractivity contribution in [1.29, 1.82) is 0 Å². The molecule has 2 fully saturated rings. The van der Waals surface area contributed by atoms with Crippen LogP contribution in [0.1, 0.15) is 18.9 Å². The van der Waals surface area contributed by atoms with Crippen molar-refractivity contribution in [2.24, 2.45) is 5.92 Å². The van der Waals surface area contributed by atoms with Crippen molar-refractivity contribution in [2.45, 2.75) is 25.9 Å². The van der Waals surface area contributed by atoms with Gasteiger partial charge in [-0.25, -0.2) is 9.97 Å². The van der Waals surface area contributed by atoms with Crippen LogP contribution in [0.3, 0.4) is 0 Å². The van der Waals surface area contributed by atoms with E-state index in [0.717, 1.165) is 51.5 Å². The van der Waals surface area contributed by atoms with Crippen LogP contribution < -0.4 is 4.90 Å². The van der Waals surface area contributed by atoms with Crippen LogP contribution >= 0.6 is 0 Å². The molecule has 2 aliphatic rings. The zero-order valence-electron chi connectivity index (χ0n) is 13.3. The smallest absolute Gasteiger partial charge is 0.225 e. The monoisotopic (exact) mass is 306 g/mol. The number of aliphatic hydroxyl groups is 1. The van der Waals surface area contributed by atoms with Gasteiger partial charge in [0.15, 0.2) is 0 Å². The summed E-state index contributed by atoms with van der Waals surface area (Å²) in [6.07, 6.45) is 6.19. The van der Waals surface area contributed by atoms with Crippen molar-refractivity contribution in [3.8, 4) is 0 Å². The van der Waals surface area contributed by atoms with Gasteiger partial charge >= 0.3 is 0 Å². The van der Waals surface area contributed by atoms with E-state index in [9.17, 15) is 0 Å². The second-order valence-electron chi connectivity index (χ2n) is 6.17. The third kappa shape index (κ3) is 3.56. The summed E-state index contributed by atoms with van der Waals surface area (Å²) in [5.41, 5.74) is 1.17. The minimum absolute atomic E-state index is 0.223. The summed E-state index contributed by atoms with van der Waals surface area (Å²) in [6.45, 7) is 7.57. The molecule has 1 aromatic rings. The lowest BCUT2D eigenvalue weighted by molar-refractivity contribution is -0.0247. The number of likely N-dealkylation sites (tertiary alicyclic amines) is 1. The summed E-state index contributed by atoms with van der Waals surface area (Å²) in [4.78, 5) is 13.6. The number of aliphatic hydroxyl groups excluding tert-OH is 1. The van der Waals surface area contributed by atoms with Crippen molar-refractivity contribution >= 4 is 5.95 Å². The molecule has 0 saturated carbocycles. The Labute approximate surface area is 132 Å². The lowest BCUT2D eigenvalue weighted by Gasteiger charge is -2.37. The highest BCUT2D eigenvalue weighted by Crippen LogP contribution is 2.25. The van der Waals surface area contributed by atoms with Gasteiger partial charge in [0, 0.05) is 44.5 Å². The summed E-state index contributed by atoms with van der Waals surface area (Å²) < 4.78 is 6.06. The van der Waals surface area contributed by atoms with E-state index in [-0.39, 0.29) is 12.7 Å². The Morgan fingerprint density at radius 1 is 1.27 bits per heavy atom. The van der Waals surface area contributed by atoms with Gasteiger partial charge in [-0.15, -0.1) is 0 Å². The fraction of sp³-hybridized carbons (Fsp3) is 0.750. The Morgan fingerprint density at radius 3 is 2.82 bits per heavy atom. The first kappa shape index (κ1) is 15.6. The molecule has 2 saturated heterocycles. The van der Waals surface area contributed by atoms with Crippen LogP contribution in [-0.2, 0) is 11.2 Å². The molecule has 0 radical (unpaired) electrons. The summed E-state index contributed by atoms with van der Waals surface area (Å²) >= 11 is 0. The average Bonchev–Trinajstić information content (AvgIpc) is 2.77. The maximum Gasteiger partial charge on any atom is 0.225 e. The number of fused-ring (bicyclic) bond motifs is 1. The molecule has 0 aliphatic carbocycles. The zero-order chi connectivity index (χ0) is 15.4. The molecule has 22 heavy (non-hydrogen) atoms. The fourth-order valence-corrected chi connectivity index (χ4v) is 3.34. The normalized spacial score (nSPS) is 26.5. The highest BCUT2D eigenvalue weighted by atomic mass is 16.5. The summed E-state index contributed by atoms with van der Waals surface area (Å²) in [7, 11) is 0. The molecule has 3 heterocycles. The minimum Gasteiger partial charge on any atom is -0.395 e. The Balaban J connectivity index is 1.64.